The standard InChI is InChI=1S/C23H20BrNO3/c24-21-11-5-6-12-22(21)25(13-14-26)23(27)28-15-20-18-9-3-1-7-16(18)17-8-2-4-10-19(17)20/h1-12,20,26H,13-15H2. The molecule has 0 saturated carbocycles. The van der Waals surface area contributed by atoms with Crippen molar-refractivity contribution >= 4 is 27.7 Å². The molecule has 0 heterocycles. The van der Waals surface area contributed by atoms with Gasteiger partial charge in [-0.3, -0.25) is 4.90 Å². The van der Waals surface area contributed by atoms with Gasteiger partial charge < -0.3 is 9.84 Å². The first-order valence-electron chi connectivity index (χ1n) is 9.18. The van der Waals surface area contributed by atoms with Crippen molar-refractivity contribution in [3.05, 3.63) is 88.4 Å². The van der Waals surface area contributed by atoms with Crippen molar-refractivity contribution in [2.75, 3.05) is 24.7 Å². The number of anilines is 1. The first-order chi connectivity index (χ1) is 13.7. The molecule has 0 atom stereocenters. The number of nitrogens with zero attached hydrogens (tertiary/aromatic N) is 1. The lowest BCUT2D eigenvalue weighted by atomic mass is 9.98. The van der Waals surface area contributed by atoms with Crippen molar-refractivity contribution in [1.29, 1.82) is 0 Å². The SMILES string of the molecule is O=C(OCC1c2ccccc2-c2ccccc21)N(CCO)c1ccccc1Br. The maximum atomic E-state index is 12.8. The topological polar surface area (TPSA) is 49.8 Å². The number of ether oxygens (including phenoxy) is 1. The number of fused-ring (bicyclic) bond motifs is 3. The molecule has 0 spiro atoms. The third-order valence-electron chi connectivity index (χ3n) is 5.02. The van der Waals surface area contributed by atoms with Gasteiger partial charge >= 0.3 is 6.09 Å². The zero-order chi connectivity index (χ0) is 19.5. The molecule has 0 saturated heterocycles. The molecule has 5 heteroatoms. The van der Waals surface area contributed by atoms with E-state index in [1.165, 1.54) is 27.2 Å². The van der Waals surface area contributed by atoms with Crippen LogP contribution < -0.4 is 4.90 Å². The Labute approximate surface area is 172 Å². The molecule has 4 nitrogen and oxygen atoms in total. The van der Waals surface area contributed by atoms with Crippen molar-refractivity contribution in [2.45, 2.75) is 5.92 Å². The van der Waals surface area contributed by atoms with Gasteiger partial charge in [0.2, 0.25) is 0 Å². The average molecular weight is 438 g/mol. The number of aliphatic hydroxyl groups is 1. The molecule has 3 aromatic rings. The molecular formula is C23H20BrNO3. The zero-order valence-corrected chi connectivity index (χ0v) is 16.8. The lowest BCUT2D eigenvalue weighted by molar-refractivity contribution is 0.148. The zero-order valence-electron chi connectivity index (χ0n) is 15.2. The molecule has 1 aliphatic carbocycles. The van der Waals surface area contributed by atoms with Gasteiger partial charge in [-0.1, -0.05) is 60.7 Å². The number of aliphatic hydroxyl groups excluding tert-OH is 1. The van der Waals surface area contributed by atoms with Crippen LogP contribution in [0.3, 0.4) is 0 Å². The Morgan fingerprint density at radius 2 is 1.50 bits per heavy atom. The van der Waals surface area contributed by atoms with Crippen LogP contribution in [0.1, 0.15) is 17.0 Å². The first kappa shape index (κ1) is 18.7. The smallest absolute Gasteiger partial charge is 0.414 e. The van der Waals surface area contributed by atoms with E-state index < -0.39 is 6.09 Å². The Kier molecular flexibility index (Phi) is 5.46. The maximum absolute atomic E-state index is 12.8. The van der Waals surface area contributed by atoms with Gasteiger partial charge in [-0.05, 0) is 50.3 Å². The summed E-state index contributed by atoms with van der Waals surface area (Å²) in [5.41, 5.74) is 5.40. The summed E-state index contributed by atoms with van der Waals surface area (Å²) in [6.07, 6.45) is -0.470. The second-order valence-corrected chi connectivity index (χ2v) is 7.48. The van der Waals surface area contributed by atoms with Crippen molar-refractivity contribution in [1.82, 2.24) is 0 Å². The minimum atomic E-state index is -0.470. The van der Waals surface area contributed by atoms with Crippen LogP contribution in [0.4, 0.5) is 10.5 Å². The van der Waals surface area contributed by atoms with Crippen molar-refractivity contribution in [3.8, 4) is 11.1 Å². The summed E-state index contributed by atoms with van der Waals surface area (Å²) in [6, 6.07) is 23.9. The normalized spacial score (nSPS) is 12.4. The Morgan fingerprint density at radius 3 is 2.11 bits per heavy atom. The Morgan fingerprint density at radius 1 is 0.929 bits per heavy atom. The minimum Gasteiger partial charge on any atom is -0.448 e. The van der Waals surface area contributed by atoms with Crippen molar-refractivity contribution < 1.29 is 14.6 Å². The highest BCUT2D eigenvalue weighted by Gasteiger charge is 2.30. The number of hydrogen-bond donors (Lipinski definition) is 1. The highest BCUT2D eigenvalue weighted by Crippen LogP contribution is 2.44. The van der Waals surface area contributed by atoms with Crippen LogP contribution in [-0.2, 0) is 4.74 Å². The van der Waals surface area contributed by atoms with Gasteiger partial charge in [-0.2, -0.15) is 0 Å². The van der Waals surface area contributed by atoms with Crippen LogP contribution in [-0.4, -0.2) is 31.0 Å². The van der Waals surface area contributed by atoms with Crippen LogP contribution in [0.15, 0.2) is 77.3 Å². The second-order valence-electron chi connectivity index (χ2n) is 6.63. The largest absolute Gasteiger partial charge is 0.448 e. The molecule has 0 bridgehead atoms. The van der Waals surface area contributed by atoms with Gasteiger partial charge in [0.05, 0.1) is 18.8 Å². The van der Waals surface area contributed by atoms with E-state index in [0.717, 1.165) is 4.47 Å². The van der Waals surface area contributed by atoms with E-state index >= 15 is 0 Å². The van der Waals surface area contributed by atoms with E-state index in [2.05, 4.69) is 40.2 Å². The number of benzene rings is 3. The third-order valence-corrected chi connectivity index (χ3v) is 5.69. The van der Waals surface area contributed by atoms with E-state index in [1.54, 1.807) is 0 Å². The predicted molar refractivity (Wildman–Crippen MR) is 114 cm³/mol. The molecule has 1 aliphatic rings. The number of carbonyl (C=O) groups is 1. The predicted octanol–water partition coefficient (Wildman–Crippen LogP) is 5.20. The highest BCUT2D eigenvalue weighted by atomic mass is 79.9. The first-order valence-corrected chi connectivity index (χ1v) is 9.98. The molecular weight excluding hydrogens is 418 g/mol. The maximum Gasteiger partial charge on any atom is 0.414 e. The molecule has 0 aliphatic heterocycles. The summed E-state index contributed by atoms with van der Waals surface area (Å²) in [4.78, 5) is 14.3. The number of para-hydroxylation sites is 1. The molecule has 0 unspecified atom stereocenters. The fraction of sp³-hybridized carbons (Fsp3) is 0.174. The van der Waals surface area contributed by atoms with Crippen LogP contribution in [0, 0.1) is 0 Å². The van der Waals surface area contributed by atoms with Crippen LogP contribution >= 0.6 is 15.9 Å². The Balaban J connectivity index is 1.57. The summed E-state index contributed by atoms with van der Waals surface area (Å²) in [5, 5.41) is 9.41. The second kappa shape index (κ2) is 8.17. The van der Waals surface area contributed by atoms with E-state index in [9.17, 15) is 9.90 Å². The summed E-state index contributed by atoms with van der Waals surface area (Å²) in [6.45, 7) is 0.268. The lowest BCUT2D eigenvalue weighted by Crippen LogP contribution is -2.35. The minimum absolute atomic E-state index is 0.00606. The molecule has 1 N–H and O–H groups in total. The fourth-order valence-corrected chi connectivity index (χ4v) is 4.25. The summed E-state index contributed by atoms with van der Waals surface area (Å²) < 4.78 is 6.49. The number of hydrogen-bond acceptors (Lipinski definition) is 3. The van der Waals surface area contributed by atoms with Gasteiger partial charge in [0.25, 0.3) is 0 Å². The lowest BCUT2D eigenvalue weighted by Gasteiger charge is -2.23. The highest BCUT2D eigenvalue weighted by molar-refractivity contribution is 9.10. The van der Waals surface area contributed by atoms with Gasteiger partial charge in [0, 0.05) is 10.4 Å². The van der Waals surface area contributed by atoms with Gasteiger partial charge in [-0.25, -0.2) is 4.79 Å². The van der Waals surface area contributed by atoms with Gasteiger partial charge in [-0.15, -0.1) is 0 Å². The summed E-state index contributed by atoms with van der Waals surface area (Å²) in [5.74, 6) is 0.00606. The molecule has 0 fully saturated rings. The van der Waals surface area contributed by atoms with Crippen LogP contribution in [0.5, 0.6) is 0 Å². The monoisotopic (exact) mass is 437 g/mol. The number of carbonyl (C=O) groups excluding carboxylic acids is 1. The fourth-order valence-electron chi connectivity index (χ4n) is 3.75. The Bertz CT molecular complexity index is 959. The van der Waals surface area contributed by atoms with Crippen molar-refractivity contribution in [3.63, 3.8) is 0 Å². The third kappa shape index (κ3) is 3.43. The number of rotatable bonds is 5. The van der Waals surface area contributed by atoms with E-state index in [-0.39, 0.29) is 25.7 Å². The van der Waals surface area contributed by atoms with E-state index in [0.29, 0.717) is 5.69 Å². The molecule has 142 valence electrons. The summed E-state index contributed by atoms with van der Waals surface area (Å²) in [7, 11) is 0. The van der Waals surface area contributed by atoms with Gasteiger partial charge in [0.1, 0.15) is 6.61 Å². The summed E-state index contributed by atoms with van der Waals surface area (Å²) >= 11 is 3.46. The number of halogens is 1. The number of amides is 1. The van der Waals surface area contributed by atoms with E-state index in [1.807, 2.05) is 48.5 Å². The quantitative estimate of drug-likeness (QED) is 0.596. The molecule has 4 rings (SSSR count). The molecule has 0 radical (unpaired) electrons. The molecule has 28 heavy (non-hydrogen) atoms. The van der Waals surface area contributed by atoms with Crippen LogP contribution in [0.25, 0.3) is 11.1 Å². The molecule has 1 amide bonds. The van der Waals surface area contributed by atoms with Crippen molar-refractivity contribution in [2.24, 2.45) is 0 Å². The average Bonchev–Trinajstić information content (AvgIpc) is 3.05. The van der Waals surface area contributed by atoms with Gasteiger partial charge in [0.15, 0.2) is 0 Å². The molecule has 0 aromatic heterocycles. The van der Waals surface area contributed by atoms with Crippen LogP contribution in [0.2, 0.25) is 0 Å². The van der Waals surface area contributed by atoms with E-state index in [4.69, 9.17) is 4.74 Å². The Hall–Kier alpha value is -2.63. The molecule has 3 aromatic carbocycles.